The first-order valence-corrected chi connectivity index (χ1v) is 4.53. The summed E-state index contributed by atoms with van der Waals surface area (Å²) in [6, 6.07) is 0. The summed E-state index contributed by atoms with van der Waals surface area (Å²) in [5.41, 5.74) is 0. The van der Waals surface area contributed by atoms with Crippen LogP contribution in [0, 0.1) is 5.92 Å². The minimum atomic E-state index is 0.689. The average Bonchev–Trinajstić information content (AvgIpc) is 2.39. The van der Waals surface area contributed by atoms with Crippen LogP contribution in [0.3, 0.4) is 0 Å². The maximum atomic E-state index is 4.35. The fourth-order valence-electron chi connectivity index (χ4n) is 1.23. The molecular weight excluding hydrogens is 136 g/mol. The van der Waals surface area contributed by atoms with Crippen molar-refractivity contribution in [3.05, 3.63) is 0 Å². The molecule has 2 heteroatoms. The van der Waals surface area contributed by atoms with Crippen molar-refractivity contribution >= 4 is 6.34 Å². The van der Waals surface area contributed by atoms with E-state index in [2.05, 4.69) is 23.7 Å². The summed E-state index contributed by atoms with van der Waals surface area (Å²) in [6.45, 7) is 7.78. The molecule has 0 amide bonds. The number of aliphatic imine (C=N–C) groups is 1. The number of hydrogen-bond acceptors (Lipinski definition) is 1. The SMILES string of the molecule is CC(C)CN=CN1CCCC1. The minimum Gasteiger partial charge on any atom is -0.363 e. The van der Waals surface area contributed by atoms with Gasteiger partial charge in [-0.15, -0.1) is 0 Å². The zero-order valence-electron chi connectivity index (χ0n) is 7.58. The predicted molar refractivity (Wildman–Crippen MR) is 49.0 cm³/mol. The Morgan fingerprint density at radius 2 is 2.00 bits per heavy atom. The lowest BCUT2D eigenvalue weighted by atomic mass is 10.2. The van der Waals surface area contributed by atoms with Crippen LogP contribution in [0.1, 0.15) is 26.7 Å². The molecule has 0 aromatic carbocycles. The van der Waals surface area contributed by atoms with E-state index in [1.54, 1.807) is 0 Å². The number of rotatable bonds is 3. The van der Waals surface area contributed by atoms with E-state index in [0.29, 0.717) is 5.92 Å². The second-order valence-corrected chi connectivity index (χ2v) is 3.62. The van der Waals surface area contributed by atoms with Crippen LogP contribution >= 0.6 is 0 Å². The molecule has 0 bridgehead atoms. The molecule has 0 aliphatic carbocycles. The van der Waals surface area contributed by atoms with Gasteiger partial charge in [-0.25, -0.2) is 0 Å². The largest absolute Gasteiger partial charge is 0.363 e. The van der Waals surface area contributed by atoms with Gasteiger partial charge in [-0.3, -0.25) is 4.99 Å². The van der Waals surface area contributed by atoms with Gasteiger partial charge in [0.05, 0.1) is 6.34 Å². The lowest BCUT2D eigenvalue weighted by molar-refractivity contribution is 0.529. The average molecular weight is 154 g/mol. The quantitative estimate of drug-likeness (QED) is 0.447. The number of nitrogens with zero attached hydrogens (tertiary/aromatic N) is 2. The second-order valence-electron chi connectivity index (χ2n) is 3.62. The van der Waals surface area contributed by atoms with Gasteiger partial charge in [0.15, 0.2) is 0 Å². The summed E-state index contributed by atoms with van der Waals surface area (Å²) < 4.78 is 0. The Kier molecular flexibility index (Phi) is 3.40. The summed E-state index contributed by atoms with van der Waals surface area (Å²) in [5, 5.41) is 0. The molecule has 2 nitrogen and oxygen atoms in total. The Balaban J connectivity index is 2.12. The molecule has 1 aliphatic rings. The van der Waals surface area contributed by atoms with Gasteiger partial charge >= 0.3 is 0 Å². The molecule has 1 fully saturated rings. The van der Waals surface area contributed by atoms with E-state index in [9.17, 15) is 0 Å². The molecule has 1 aliphatic heterocycles. The minimum absolute atomic E-state index is 0.689. The third kappa shape index (κ3) is 3.40. The van der Waals surface area contributed by atoms with E-state index < -0.39 is 0 Å². The van der Waals surface area contributed by atoms with Gasteiger partial charge in [0.25, 0.3) is 0 Å². The van der Waals surface area contributed by atoms with Gasteiger partial charge in [0.2, 0.25) is 0 Å². The van der Waals surface area contributed by atoms with E-state index >= 15 is 0 Å². The number of likely N-dealkylation sites (tertiary alicyclic amines) is 1. The molecule has 0 aromatic rings. The highest BCUT2D eigenvalue weighted by molar-refractivity contribution is 5.55. The molecule has 0 spiro atoms. The molecule has 1 saturated heterocycles. The summed E-state index contributed by atoms with van der Waals surface area (Å²) >= 11 is 0. The normalized spacial score (nSPS) is 19.0. The Labute approximate surface area is 69.3 Å². The van der Waals surface area contributed by atoms with E-state index in [1.165, 1.54) is 25.9 Å². The molecule has 11 heavy (non-hydrogen) atoms. The summed E-state index contributed by atoms with van der Waals surface area (Å²) in [4.78, 5) is 6.66. The van der Waals surface area contributed by atoms with Crippen molar-refractivity contribution in [2.45, 2.75) is 26.7 Å². The number of hydrogen-bond donors (Lipinski definition) is 0. The monoisotopic (exact) mass is 154 g/mol. The van der Waals surface area contributed by atoms with Crippen molar-refractivity contribution in [2.24, 2.45) is 10.9 Å². The molecule has 0 saturated carbocycles. The van der Waals surface area contributed by atoms with Gasteiger partial charge in [-0.1, -0.05) is 13.8 Å². The Morgan fingerprint density at radius 1 is 1.36 bits per heavy atom. The molecule has 0 unspecified atom stereocenters. The first-order valence-electron chi connectivity index (χ1n) is 4.53. The highest BCUT2D eigenvalue weighted by Gasteiger charge is 2.06. The summed E-state index contributed by atoms with van der Waals surface area (Å²) in [7, 11) is 0. The molecular formula is C9H18N2. The van der Waals surface area contributed by atoms with Crippen LogP contribution in [0.2, 0.25) is 0 Å². The lowest BCUT2D eigenvalue weighted by Crippen LogP contribution is -2.16. The van der Waals surface area contributed by atoms with Gasteiger partial charge < -0.3 is 4.90 Å². The zero-order chi connectivity index (χ0) is 8.10. The Bertz CT molecular complexity index is 124. The maximum Gasteiger partial charge on any atom is 0.0849 e. The molecule has 1 heterocycles. The Morgan fingerprint density at radius 3 is 2.55 bits per heavy atom. The van der Waals surface area contributed by atoms with Gasteiger partial charge in [0.1, 0.15) is 0 Å². The maximum absolute atomic E-state index is 4.35. The van der Waals surface area contributed by atoms with Crippen molar-refractivity contribution in [3.8, 4) is 0 Å². The highest BCUT2D eigenvalue weighted by Crippen LogP contribution is 2.04. The third-order valence-electron chi connectivity index (χ3n) is 1.86. The van der Waals surface area contributed by atoms with Crippen molar-refractivity contribution in [3.63, 3.8) is 0 Å². The molecule has 0 atom stereocenters. The summed E-state index contributed by atoms with van der Waals surface area (Å²) in [6.07, 6.45) is 4.70. The van der Waals surface area contributed by atoms with Crippen molar-refractivity contribution in [1.82, 2.24) is 4.90 Å². The fraction of sp³-hybridized carbons (Fsp3) is 0.889. The standard InChI is InChI=1S/C9H18N2/c1-9(2)7-10-8-11-5-3-4-6-11/h8-9H,3-7H2,1-2H3. The predicted octanol–water partition coefficient (Wildman–Crippen LogP) is 1.77. The van der Waals surface area contributed by atoms with Crippen LogP contribution in [-0.4, -0.2) is 30.9 Å². The Hall–Kier alpha value is -0.530. The summed E-state index contributed by atoms with van der Waals surface area (Å²) in [5.74, 6) is 0.689. The molecule has 0 aromatic heterocycles. The van der Waals surface area contributed by atoms with Crippen LogP contribution in [0.25, 0.3) is 0 Å². The van der Waals surface area contributed by atoms with E-state index in [-0.39, 0.29) is 0 Å². The van der Waals surface area contributed by atoms with Crippen LogP contribution in [0.4, 0.5) is 0 Å². The zero-order valence-corrected chi connectivity index (χ0v) is 7.58. The van der Waals surface area contributed by atoms with Gasteiger partial charge in [-0.2, -0.15) is 0 Å². The second kappa shape index (κ2) is 4.37. The van der Waals surface area contributed by atoms with Crippen molar-refractivity contribution in [2.75, 3.05) is 19.6 Å². The topological polar surface area (TPSA) is 15.6 Å². The van der Waals surface area contributed by atoms with E-state index in [0.717, 1.165) is 6.54 Å². The third-order valence-corrected chi connectivity index (χ3v) is 1.86. The highest BCUT2D eigenvalue weighted by atomic mass is 15.2. The first-order chi connectivity index (χ1) is 5.29. The van der Waals surface area contributed by atoms with Crippen molar-refractivity contribution in [1.29, 1.82) is 0 Å². The van der Waals surface area contributed by atoms with Crippen LogP contribution in [0.5, 0.6) is 0 Å². The van der Waals surface area contributed by atoms with E-state index in [4.69, 9.17) is 0 Å². The molecule has 0 N–H and O–H groups in total. The van der Waals surface area contributed by atoms with Gasteiger partial charge in [0, 0.05) is 19.6 Å². The first kappa shape index (κ1) is 8.57. The fourth-order valence-corrected chi connectivity index (χ4v) is 1.23. The molecule has 0 radical (unpaired) electrons. The van der Waals surface area contributed by atoms with Gasteiger partial charge in [-0.05, 0) is 18.8 Å². The lowest BCUT2D eigenvalue weighted by Gasteiger charge is -2.09. The van der Waals surface area contributed by atoms with E-state index in [1.807, 2.05) is 6.34 Å². The molecule has 1 rings (SSSR count). The smallest absolute Gasteiger partial charge is 0.0849 e. The van der Waals surface area contributed by atoms with Crippen LogP contribution < -0.4 is 0 Å². The molecule has 64 valence electrons. The van der Waals surface area contributed by atoms with Crippen molar-refractivity contribution < 1.29 is 0 Å². The van der Waals surface area contributed by atoms with Crippen LogP contribution in [0.15, 0.2) is 4.99 Å². The van der Waals surface area contributed by atoms with Crippen LogP contribution in [-0.2, 0) is 0 Å².